The summed E-state index contributed by atoms with van der Waals surface area (Å²) in [6, 6.07) is 4.44. The molecule has 0 heterocycles. The van der Waals surface area contributed by atoms with Gasteiger partial charge in [-0.05, 0) is 79.5 Å². The zero-order valence-corrected chi connectivity index (χ0v) is 17.6. The third-order valence-corrected chi connectivity index (χ3v) is 6.97. The van der Waals surface area contributed by atoms with E-state index in [2.05, 4.69) is 0 Å². The summed E-state index contributed by atoms with van der Waals surface area (Å²) < 4.78 is 61.0. The fourth-order valence-corrected chi connectivity index (χ4v) is 6.17. The van der Waals surface area contributed by atoms with Crippen LogP contribution >= 0.6 is 19.2 Å². The Morgan fingerprint density at radius 3 is 2.28 bits per heavy atom. The smallest absolute Gasteiger partial charge is 0.422 e. The quantitative estimate of drug-likeness (QED) is 0.423. The van der Waals surface area contributed by atoms with Gasteiger partial charge in [0, 0.05) is 12.2 Å². The van der Waals surface area contributed by atoms with Crippen molar-refractivity contribution in [1.82, 2.24) is 0 Å². The number of hydrogen-bond donors (Lipinski definition) is 1. The number of alkyl halides is 3. The maximum Gasteiger partial charge on any atom is 0.422 e. The molecule has 0 aliphatic heterocycles. The summed E-state index contributed by atoms with van der Waals surface area (Å²) in [6.07, 6.45) is 0.698. The maximum atomic E-state index is 13.0. The maximum absolute atomic E-state index is 13.0. The summed E-state index contributed by atoms with van der Waals surface area (Å²) in [7, 11) is -3.88. The highest BCUT2D eigenvalue weighted by atomic mass is 35.5. The molecule has 4 aliphatic carbocycles. The largest absolute Gasteiger partial charge is 0.484 e. The topological polar surface area (TPSA) is 55.8 Å². The summed E-state index contributed by atoms with van der Waals surface area (Å²) in [5.41, 5.74) is 1.35. The van der Waals surface area contributed by atoms with Gasteiger partial charge in [-0.3, -0.25) is 0 Å². The molecule has 4 bridgehead atoms. The van der Waals surface area contributed by atoms with E-state index in [0.29, 0.717) is 17.4 Å². The molecule has 1 unspecified atom stereocenters. The molecule has 0 amide bonds. The minimum atomic E-state index is -4.46. The molecule has 0 saturated heterocycles. The van der Waals surface area contributed by atoms with Crippen LogP contribution in [0.5, 0.6) is 5.75 Å². The van der Waals surface area contributed by atoms with Crippen molar-refractivity contribution in [2.75, 3.05) is 13.3 Å². The van der Waals surface area contributed by atoms with Crippen molar-refractivity contribution in [3.05, 3.63) is 34.4 Å². The monoisotopic (exact) mass is 450 g/mol. The highest BCUT2D eigenvalue weighted by Gasteiger charge is 2.47. The predicted molar refractivity (Wildman–Crippen MR) is 104 cm³/mol. The van der Waals surface area contributed by atoms with Crippen LogP contribution < -0.4 is 4.52 Å². The Kier molecular flexibility index (Phi) is 5.46. The molecule has 4 saturated carbocycles. The molecular formula is C20H23ClF3O4P. The average molecular weight is 451 g/mol. The second-order valence-corrected chi connectivity index (χ2v) is 10.7. The van der Waals surface area contributed by atoms with Crippen LogP contribution in [0, 0.1) is 23.7 Å². The van der Waals surface area contributed by atoms with E-state index in [0.717, 1.165) is 37.9 Å². The summed E-state index contributed by atoms with van der Waals surface area (Å²) in [4.78, 5) is 9.53. The zero-order valence-electron chi connectivity index (χ0n) is 15.9. The third-order valence-electron chi connectivity index (χ3n) is 6.12. The minimum Gasteiger partial charge on any atom is -0.484 e. The van der Waals surface area contributed by atoms with Gasteiger partial charge in [0.1, 0.15) is 11.5 Å². The first-order chi connectivity index (χ1) is 13.5. The molecule has 160 valence electrons. The first-order valence-corrected chi connectivity index (χ1v) is 12.1. The molecule has 0 radical (unpaired) electrons. The van der Waals surface area contributed by atoms with Gasteiger partial charge in [-0.25, -0.2) is 4.57 Å². The lowest BCUT2D eigenvalue weighted by atomic mass is 9.54. The Labute approximate surface area is 172 Å². The first-order valence-electron chi connectivity index (χ1n) is 9.72. The van der Waals surface area contributed by atoms with Crippen molar-refractivity contribution in [3.8, 4) is 5.75 Å². The van der Waals surface area contributed by atoms with E-state index in [1.165, 1.54) is 18.6 Å². The van der Waals surface area contributed by atoms with Gasteiger partial charge in [-0.15, -0.1) is 0 Å². The lowest BCUT2D eigenvalue weighted by Crippen LogP contribution is -2.41. The normalized spacial score (nSPS) is 30.2. The molecule has 0 aromatic heterocycles. The lowest BCUT2D eigenvalue weighted by Gasteiger charge is -2.51. The highest BCUT2D eigenvalue weighted by molar-refractivity contribution is 7.52. The van der Waals surface area contributed by atoms with Crippen molar-refractivity contribution >= 4 is 25.0 Å². The van der Waals surface area contributed by atoms with Crippen LogP contribution in [-0.4, -0.2) is 24.3 Å². The van der Waals surface area contributed by atoms with Crippen LogP contribution in [0.4, 0.5) is 13.2 Å². The Hall–Kier alpha value is -1.17. The predicted octanol–water partition coefficient (Wildman–Crippen LogP) is 6.28. The number of halogens is 4. The van der Waals surface area contributed by atoms with E-state index in [-0.39, 0.29) is 28.4 Å². The molecule has 1 atom stereocenters. The van der Waals surface area contributed by atoms with Crippen molar-refractivity contribution in [2.24, 2.45) is 23.7 Å². The fourth-order valence-electron chi connectivity index (χ4n) is 5.45. The average Bonchev–Trinajstić information content (AvgIpc) is 2.56. The van der Waals surface area contributed by atoms with Gasteiger partial charge < -0.3 is 14.2 Å². The van der Waals surface area contributed by atoms with Crippen LogP contribution in [0.15, 0.2) is 23.8 Å². The van der Waals surface area contributed by atoms with Gasteiger partial charge in [0.05, 0.1) is 5.02 Å². The molecule has 0 spiro atoms. The second-order valence-electron chi connectivity index (χ2n) is 8.53. The minimum absolute atomic E-state index is 0.0463. The molecule has 4 fully saturated rings. The van der Waals surface area contributed by atoms with Crippen LogP contribution in [-0.2, 0) is 9.30 Å². The number of ether oxygens (including phenoxy) is 1. The van der Waals surface area contributed by atoms with E-state index in [1.807, 2.05) is 0 Å². The Bertz CT molecular complexity index is 847. The van der Waals surface area contributed by atoms with Crippen molar-refractivity contribution < 1.29 is 31.9 Å². The molecule has 1 N–H and O–H groups in total. The molecule has 9 heteroatoms. The van der Waals surface area contributed by atoms with E-state index in [4.69, 9.17) is 20.9 Å². The van der Waals surface area contributed by atoms with Gasteiger partial charge in [0.25, 0.3) is 0 Å². The summed E-state index contributed by atoms with van der Waals surface area (Å²) in [5.74, 6) is 1.93. The first kappa shape index (κ1) is 21.1. The Morgan fingerprint density at radius 2 is 1.76 bits per heavy atom. The van der Waals surface area contributed by atoms with Gasteiger partial charge >= 0.3 is 13.8 Å². The molecular weight excluding hydrogens is 428 g/mol. The Morgan fingerprint density at radius 1 is 1.17 bits per heavy atom. The van der Waals surface area contributed by atoms with Crippen LogP contribution in [0.1, 0.15) is 37.7 Å². The van der Waals surface area contributed by atoms with Gasteiger partial charge in [-0.1, -0.05) is 11.6 Å². The molecule has 29 heavy (non-hydrogen) atoms. The van der Waals surface area contributed by atoms with Crippen LogP contribution in [0.25, 0.3) is 5.76 Å². The third kappa shape index (κ3) is 4.78. The number of allylic oxidation sites excluding steroid dienone is 1. The summed E-state index contributed by atoms with van der Waals surface area (Å²) >= 11 is 6.07. The summed E-state index contributed by atoms with van der Waals surface area (Å²) in [6.45, 7) is -0.365. The highest BCUT2D eigenvalue weighted by Crippen LogP contribution is 2.58. The second kappa shape index (κ2) is 7.51. The van der Waals surface area contributed by atoms with E-state index < -0.39 is 20.4 Å². The molecule has 5 rings (SSSR count). The molecule has 4 aliphatic rings. The van der Waals surface area contributed by atoms with Gasteiger partial charge in [0.15, 0.2) is 6.61 Å². The Balaban J connectivity index is 1.76. The number of hydrogen-bond acceptors (Lipinski definition) is 3. The van der Waals surface area contributed by atoms with Crippen molar-refractivity contribution in [1.29, 1.82) is 0 Å². The molecule has 1 aromatic rings. The van der Waals surface area contributed by atoms with Crippen molar-refractivity contribution in [3.63, 3.8) is 0 Å². The molecule has 4 nitrogen and oxygen atoms in total. The fraction of sp³-hybridized carbons (Fsp3) is 0.600. The number of rotatable bonds is 5. The standard InChI is InChI=1S/C20H23ClF3O4P/c1-29(25,26)28-17-9-13(2-3-16(17)21)19(27-10-20(22,23)24)18-14-5-11-4-12(7-14)8-15(18)6-11/h2-3,9,11-12,14-15H,4-8,10H2,1H3,(H,25,26). The lowest BCUT2D eigenvalue weighted by molar-refractivity contribution is -0.159. The van der Waals surface area contributed by atoms with Crippen molar-refractivity contribution in [2.45, 2.75) is 38.3 Å². The van der Waals surface area contributed by atoms with E-state index in [1.54, 1.807) is 6.07 Å². The number of benzene rings is 1. The molecule has 1 aromatic carbocycles. The van der Waals surface area contributed by atoms with Crippen LogP contribution in [0.2, 0.25) is 5.02 Å². The van der Waals surface area contributed by atoms with E-state index >= 15 is 0 Å². The van der Waals surface area contributed by atoms with Gasteiger partial charge in [-0.2, -0.15) is 13.2 Å². The van der Waals surface area contributed by atoms with Crippen LogP contribution in [0.3, 0.4) is 0 Å². The SMILES string of the molecule is CP(=O)(O)Oc1cc(C(OCC(F)(F)F)=C2C3CC4CC(C3)CC2C4)ccc1Cl. The summed E-state index contributed by atoms with van der Waals surface area (Å²) in [5, 5.41) is 0.107. The van der Waals surface area contributed by atoms with E-state index in [9.17, 15) is 22.6 Å². The zero-order chi connectivity index (χ0) is 21.0. The van der Waals surface area contributed by atoms with Gasteiger partial charge in [0.2, 0.25) is 0 Å².